The predicted octanol–water partition coefficient (Wildman–Crippen LogP) is 5.26. The fraction of sp³-hybridized carbons (Fsp3) is 0. The average Bonchev–Trinajstić information content (AvgIpc) is 2.87. The number of fused-ring (bicyclic) bond motifs is 1. The lowest BCUT2D eigenvalue weighted by Crippen LogP contribution is -1.91. The van der Waals surface area contributed by atoms with Crippen molar-refractivity contribution >= 4 is 39.4 Å². The molecule has 0 aliphatic heterocycles. The Labute approximate surface area is 124 Å². The highest BCUT2D eigenvalue weighted by Crippen LogP contribution is 2.32. The molecule has 1 heterocycles. The van der Waals surface area contributed by atoms with E-state index in [0.717, 1.165) is 5.39 Å². The van der Waals surface area contributed by atoms with Gasteiger partial charge in [-0.1, -0.05) is 23.7 Å². The van der Waals surface area contributed by atoms with Crippen LogP contribution in [0.25, 0.3) is 11.0 Å². The molecule has 0 N–H and O–H groups in total. The molecule has 0 spiro atoms. The highest BCUT2D eigenvalue weighted by Gasteiger charge is 2.11. The van der Waals surface area contributed by atoms with Crippen molar-refractivity contribution in [1.29, 1.82) is 0 Å². The van der Waals surface area contributed by atoms with Crippen LogP contribution in [0.3, 0.4) is 0 Å². The summed E-state index contributed by atoms with van der Waals surface area (Å²) < 4.78 is 11.1. The van der Waals surface area contributed by atoms with E-state index in [1.54, 1.807) is 24.5 Å². The van der Waals surface area contributed by atoms with Crippen molar-refractivity contribution in [1.82, 2.24) is 0 Å². The number of carbonyl (C=O) groups is 1. The molecule has 0 fully saturated rings. The summed E-state index contributed by atoms with van der Waals surface area (Å²) >= 11 is 11.4. The van der Waals surface area contributed by atoms with E-state index in [2.05, 4.69) is 0 Å². The largest absolute Gasteiger partial charge is 0.460 e. The number of hydrogen-bond acceptors (Lipinski definition) is 3. The van der Waals surface area contributed by atoms with Crippen LogP contribution in [0.2, 0.25) is 5.02 Å². The third-order valence-corrected chi connectivity index (χ3v) is 3.34. The summed E-state index contributed by atoms with van der Waals surface area (Å²) in [6.45, 7) is 0. The maximum Gasteiger partial charge on any atom is 0.253 e. The highest BCUT2D eigenvalue weighted by atomic mass is 35.5. The second kappa shape index (κ2) is 5.19. The van der Waals surface area contributed by atoms with Crippen molar-refractivity contribution in [3.63, 3.8) is 0 Å². The molecular formula is C15H8Cl2O3. The van der Waals surface area contributed by atoms with Crippen LogP contribution in [-0.4, -0.2) is 5.24 Å². The summed E-state index contributed by atoms with van der Waals surface area (Å²) in [5, 5.41) is 0.588. The molecule has 0 saturated carbocycles. The molecule has 0 radical (unpaired) electrons. The molecule has 0 amide bonds. The van der Waals surface area contributed by atoms with Gasteiger partial charge in [-0.2, -0.15) is 0 Å². The third-order valence-electron chi connectivity index (χ3n) is 2.82. The van der Waals surface area contributed by atoms with Gasteiger partial charge in [-0.25, -0.2) is 0 Å². The summed E-state index contributed by atoms with van der Waals surface area (Å²) in [7, 11) is 0. The second-order valence-electron chi connectivity index (χ2n) is 4.11. The maximum atomic E-state index is 11.1. The minimum Gasteiger partial charge on any atom is -0.460 e. The Morgan fingerprint density at radius 1 is 1.15 bits per heavy atom. The zero-order valence-corrected chi connectivity index (χ0v) is 11.6. The normalized spacial score (nSPS) is 10.7. The molecule has 0 unspecified atom stereocenters. The molecule has 3 nitrogen and oxygen atoms in total. The fourth-order valence-electron chi connectivity index (χ4n) is 1.89. The van der Waals surface area contributed by atoms with Crippen molar-refractivity contribution in [3.05, 3.63) is 59.3 Å². The van der Waals surface area contributed by atoms with E-state index in [0.29, 0.717) is 17.1 Å². The topological polar surface area (TPSA) is 39.4 Å². The minimum atomic E-state index is -0.602. The molecule has 20 heavy (non-hydrogen) atoms. The first-order valence-electron chi connectivity index (χ1n) is 5.78. The number of halogens is 2. The van der Waals surface area contributed by atoms with E-state index in [9.17, 15) is 4.79 Å². The van der Waals surface area contributed by atoms with Gasteiger partial charge in [0.15, 0.2) is 11.3 Å². The summed E-state index contributed by atoms with van der Waals surface area (Å²) in [6.07, 6.45) is 1.60. The van der Waals surface area contributed by atoms with Gasteiger partial charge in [0, 0.05) is 11.5 Å². The number of benzene rings is 2. The lowest BCUT2D eigenvalue weighted by atomic mass is 10.2. The lowest BCUT2D eigenvalue weighted by Gasteiger charge is -2.07. The molecule has 1 aromatic heterocycles. The van der Waals surface area contributed by atoms with Crippen LogP contribution in [-0.2, 0) is 0 Å². The van der Waals surface area contributed by atoms with Crippen LogP contribution >= 0.6 is 23.2 Å². The van der Waals surface area contributed by atoms with Gasteiger partial charge < -0.3 is 9.15 Å². The van der Waals surface area contributed by atoms with Crippen molar-refractivity contribution in [2.75, 3.05) is 0 Å². The van der Waals surface area contributed by atoms with Crippen LogP contribution in [0.1, 0.15) is 10.4 Å². The van der Waals surface area contributed by atoms with Gasteiger partial charge >= 0.3 is 0 Å². The zero-order chi connectivity index (χ0) is 14.1. The minimum absolute atomic E-state index is 0.245. The van der Waals surface area contributed by atoms with Crippen LogP contribution in [0.15, 0.2) is 53.1 Å². The summed E-state index contributed by atoms with van der Waals surface area (Å²) in [4.78, 5) is 11.1. The van der Waals surface area contributed by atoms with E-state index >= 15 is 0 Å². The summed E-state index contributed by atoms with van der Waals surface area (Å²) in [6, 6.07) is 12.1. The van der Waals surface area contributed by atoms with Gasteiger partial charge in [-0.05, 0) is 35.9 Å². The Bertz CT molecular complexity index is 793. The number of ether oxygens (including phenoxy) is 1. The maximum absolute atomic E-state index is 11.1. The quantitative estimate of drug-likeness (QED) is 0.620. The first-order valence-corrected chi connectivity index (χ1v) is 6.54. The van der Waals surface area contributed by atoms with E-state index in [1.165, 1.54) is 6.07 Å². The number of rotatable bonds is 3. The molecule has 0 atom stereocenters. The third kappa shape index (κ3) is 2.38. The Balaban J connectivity index is 1.97. The number of para-hydroxylation sites is 1. The van der Waals surface area contributed by atoms with Crippen LogP contribution < -0.4 is 4.74 Å². The molecule has 3 rings (SSSR count). The summed E-state index contributed by atoms with van der Waals surface area (Å²) in [5.41, 5.74) is 0.901. The molecule has 0 saturated heterocycles. The van der Waals surface area contributed by atoms with Gasteiger partial charge in [-0.15, -0.1) is 0 Å². The Morgan fingerprint density at radius 2 is 2.00 bits per heavy atom. The van der Waals surface area contributed by atoms with Gasteiger partial charge in [0.25, 0.3) is 5.24 Å². The van der Waals surface area contributed by atoms with Crippen molar-refractivity contribution in [2.24, 2.45) is 0 Å². The van der Waals surface area contributed by atoms with Gasteiger partial charge in [0.1, 0.15) is 5.75 Å². The van der Waals surface area contributed by atoms with Crippen LogP contribution in [0.5, 0.6) is 11.5 Å². The average molecular weight is 307 g/mol. The van der Waals surface area contributed by atoms with Crippen molar-refractivity contribution < 1.29 is 13.9 Å². The predicted molar refractivity (Wildman–Crippen MR) is 77.9 cm³/mol. The Kier molecular flexibility index (Phi) is 3.38. The van der Waals surface area contributed by atoms with E-state index in [-0.39, 0.29) is 10.6 Å². The molecule has 100 valence electrons. The van der Waals surface area contributed by atoms with Gasteiger partial charge in [0.05, 0.1) is 16.8 Å². The SMILES string of the molecule is O=C(Cl)c1ccc(Oc2cccc3ccoc23)cc1Cl. The van der Waals surface area contributed by atoms with Crippen molar-refractivity contribution in [2.45, 2.75) is 0 Å². The number of furan rings is 1. The smallest absolute Gasteiger partial charge is 0.253 e. The van der Waals surface area contributed by atoms with Crippen LogP contribution in [0, 0.1) is 0 Å². The van der Waals surface area contributed by atoms with E-state index < -0.39 is 5.24 Å². The van der Waals surface area contributed by atoms with Crippen LogP contribution in [0.4, 0.5) is 0 Å². The molecular weight excluding hydrogens is 299 g/mol. The number of hydrogen-bond donors (Lipinski definition) is 0. The van der Waals surface area contributed by atoms with E-state index in [4.69, 9.17) is 32.4 Å². The molecule has 5 heteroatoms. The molecule has 2 aromatic carbocycles. The highest BCUT2D eigenvalue weighted by molar-refractivity contribution is 6.68. The molecule has 3 aromatic rings. The van der Waals surface area contributed by atoms with Gasteiger partial charge in [0.2, 0.25) is 0 Å². The first-order chi connectivity index (χ1) is 9.65. The number of carbonyl (C=O) groups excluding carboxylic acids is 1. The Morgan fingerprint density at radius 3 is 2.75 bits per heavy atom. The van der Waals surface area contributed by atoms with Crippen molar-refractivity contribution in [3.8, 4) is 11.5 Å². The molecule has 0 aliphatic carbocycles. The standard InChI is InChI=1S/C15H8Cl2O3/c16-12-8-10(4-5-11(12)15(17)18)20-13-3-1-2-9-6-7-19-14(9)13/h1-8H. The van der Waals surface area contributed by atoms with Gasteiger partial charge in [-0.3, -0.25) is 4.79 Å². The summed E-state index contributed by atoms with van der Waals surface area (Å²) in [5.74, 6) is 1.08. The van der Waals surface area contributed by atoms with E-state index in [1.807, 2.05) is 18.2 Å². The molecule has 0 bridgehead atoms. The second-order valence-corrected chi connectivity index (χ2v) is 4.86. The lowest BCUT2D eigenvalue weighted by molar-refractivity contribution is 0.108. The zero-order valence-electron chi connectivity index (χ0n) is 10.1. The Hall–Kier alpha value is -1.97. The monoisotopic (exact) mass is 306 g/mol. The molecule has 0 aliphatic rings. The fourth-order valence-corrected chi connectivity index (χ4v) is 2.36. The first kappa shape index (κ1) is 13.0.